The fourth-order valence-corrected chi connectivity index (χ4v) is 2.21. The molecule has 0 saturated carbocycles. The molecule has 0 aliphatic carbocycles. The third-order valence-electron chi connectivity index (χ3n) is 3.23. The van der Waals surface area contributed by atoms with E-state index in [1.807, 2.05) is 6.07 Å². The lowest BCUT2D eigenvalue weighted by Crippen LogP contribution is -2.14. The fraction of sp³-hybridized carbons (Fsp3) is 0.467. The molecule has 1 N–H and O–H groups in total. The van der Waals surface area contributed by atoms with Gasteiger partial charge in [-0.25, -0.2) is 0 Å². The number of nitrogens with one attached hydrogen (secondary N) is 1. The maximum Gasteiger partial charge on any atom is 0.119 e. The normalized spacial score (nSPS) is 11.0. The zero-order valence-electron chi connectivity index (χ0n) is 11.3. The van der Waals surface area contributed by atoms with Crippen LogP contribution in [0.3, 0.4) is 0 Å². The van der Waals surface area contributed by atoms with E-state index in [1.54, 1.807) is 7.11 Å². The summed E-state index contributed by atoms with van der Waals surface area (Å²) in [5.74, 6) is 0.924. The van der Waals surface area contributed by atoms with Gasteiger partial charge in [0.1, 0.15) is 5.75 Å². The summed E-state index contributed by atoms with van der Waals surface area (Å²) in [4.78, 5) is 0. The first kappa shape index (κ1) is 13.0. The number of hydrogen-bond donors (Lipinski definition) is 1. The van der Waals surface area contributed by atoms with E-state index < -0.39 is 0 Å². The highest BCUT2D eigenvalue weighted by Gasteiger charge is 2.02. The van der Waals surface area contributed by atoms with Gasteiger partial charge in [-0.3, -0.25) is 0 Å². The molecule has 0 aliphatic rings. The molecule has 18 heavy (non-hydrogen) atoms. The molecule has 0 fully saturated rings. The number of fused-ring (bicyclic) bond motifs is 1. The van der Waals surface area contributed by atoms with Gasteiger partial charge in [0.15, 0.2) is 0 Å². The number of rotatable bonds is 7. The van der Waals surface area contributed by atoms with Crippen molar-refractivity contribution in [3.8, 4) is 5.75 Å². The van der Waals surface area contributed by atoms with Crippen LogP contribution in [0.5, 0.6) is 5.75 Å². The molecular weight excluding hydrogens is 224 g/mol. The Morgan fingerprint density at radius 1 is 1.22 bits per heavy atom. The zero-order chi connectivity index (χ0) is 12.8. The molecule has 1 aromatic carbocycles. The van der Waals surface area contributed by atoms with Gasteiger partial charge in [-0.1, -0.05) is 6.92 Å². The van der Waals surface area contributed by atoms with Crippen LogP contribution in [0.25, 0.3) is 10.9 Å². The van der Waals surface area contributed by atoms with E-state index in [-0.39, 0.29) is 0 Å². The highest BCUT2D eigenvalue weighted by atomic mass is 16.5. The molecule has 0 unspecified atom stereocenters. The smallest absolute Gasteiger partial charge is 0.119 e. The minimum absolute atomic E-state index is 0.924. The number of nitrogens with zero attached hydrogens (tertiary/aromatic N) is 1. The molecule has 3 heteroatoms. The molecular formula is C15H22N2O. The molecule has 0 aliphatic heterocycles. The second-order valence-electron chi connectivity index (χ2n) is 4.49. The van der Waals surface area contributed by atoms with Gasteiger partial charge in [-0.15, -0.1) is 0 Å². The Balaban J connectivity index is 1.97. The number of aromatic nitrogens is 1. The van der Waals surface area contributed by atoms with E-state index in [0.717, 1.165) is 25.4 Å². The molecule has 0 atom stereocenters. The van der Waals surface area contributed by atoms with E-state index in [0.29, 0.717) is 0 Å². The van der Waals surface area contributed by atoms with Crippen LogP contribution < -0.4 is 10.1 Å². The topological polar surface area (TPSA) is 26.2 Å². The Hall–Kier alpha value is -1.48. The highest BCUT2D eigenvalue weighted by Crippen LogP contribution is 2.22. The first-order chi connectivity index (χ1) is 8.85. The van der Waals surface area contributed by atoms with Gasteiger partial charge >= 0.3 is 0 Å². The third-order valence-corrected chi connectivity index (χ3v) is 3.23. The van der Waals surface area contributed by atoms with E-state index in [4.69, 9.17) is 4.74 Å². The van der Waals surface area contributed by atoms with Crippen LogP contribution in [0, 0.1) is 0 Å². The van der Waals surface area contributed by atoms with Gasteiger partial charge in [-0.2, -0.15) is 0 Å². The summed E-state index contributed by atoms with van der Waals surface area (Å²) in [6, 6.07) is 8.41. The van der Waals surface area contributed by atoms with Crippen LogP contribution in [0.1, 0.15) is 19.8 Å². The van der Waals surface area contributed by atoms with Crippen LogP contribution in [-0.2, 0) is 6.54 Å². The van der Waals surface area contributed by atoms with Gasteiger partial charge in [0.2, 0.25) is 0 Å². The lowest BCUT2D eigenvalue weighted by atomic mass is 10.2. The molecule has 1 aromatic heterocycles. The van der Waals surface area contributed by atoms with Crippen molar-refractivity contribution in [2.24, 2.45) is 0 Å². The SMILES string of the molecule is CCNCCCCn1ccc2cc(OC)ccc21. The largest absolute Gasteiger partial charge is 0.497 e. The number of ether oxygens (including phenoxy) is 1. The first-order valence-electron chi connectivity index (χ1n) is 6.68. The van der Waals surface area contributed by atoms with Crippen molar-refractivity contribution in [3.63, 3.8) is 0 Å². The molecule has 0 bridgehead atoms. The number of aryl methyl sites for hydroxylation is 1. The van der Waals surface area contributed by atoms with Crippen LogP contribution >= 0.6 is 0 Å². The molecule has 3 nitrogen and oxygen atoms in total. The molecule has 0 amide bonds. The van der Waals surface area contributed by atoms with E-state index in [1.165, 1.54) is 23.7 Å². The monoisotopic (exact) mass is 246 g/mol. The Morgan fingerprint density at radius 3 is 2.89 bits per heavy atom. The minimum Gasteiger partial charge on any atom is -0.497 e. The molecule has 2 aromatic rings. The number of hydrogen-bond acceptors (Lipinski definition) is 2. The summed E-state index contributed by atoms with van der Waals surface area (Å²) in [6.45, 7) is 5.41. The molecule has 2 rings (SSSR count). The minimum atomic E-state index is 0.924. The summed E-state index contributed by atoms with van der Waals surface area (Å²) in [5, 5.41) is 4.61. The van der Waals surface area contributed by atoms with Gasteiger partial charge in [-0.05, 0) is 50.2 Å². The van der Waals surface area contributed by atoms with Crippen molar-refractivity contribution in [1.82, 2.24) is 9.88 Å². The van der Waals surface area contributed by atoms with Gasteiger partial charge in [0, 0.05) is 23.6 Å². The zero-order valence-corrected chi connectivity index (χ0v) is 11.3. The summed E-state index contributed by atoms with van der Waals surface area (Å²) in [6.07, 6.45) is 4.60. The van der Waals surface area contributed by atoms with Crippen LogP contribution in [0.2, 0.25) is 0 Å². The summed E-state index contributed by atoms with van der Waals surface area (Å²) in [5.41, 5.74) is 1.29. The predicted octanol–water partition coefficient (Wildman–Crippen LogP) is 3.04. The number of benzene rings is 1. The predicted molar refractivity (Wildman–Crippen MR) is 76.3 cm³/mol. The Morgan fingerprint density at radius 2 is 2.11 bits per heavy atom. The molecule has 0 spiro atoms. The van der Waals surface area contributed by atoms with Crippen LogP contribution in [0.4, 0.5) is 0 Å². The van der Waals surface area contributed by atoms with E-state index in [9.17, 15) is 0 Å². The van der Waals surface area contributed by atoms with Crippen LogP contribution in [0.15, 0.2) is 30.5 Å². The van der Waals surface area contributed by atoms with Crippen molar-refractivity contribution < 1.29 is 4.74 Å². The second kappa shape index (κ2) is 6.45. The quantitative estimate of drug-likeness (QED) is 0.760. The Bertz CT molecular complexity index is 490. The summed E-state index contributed by atoms with van der Waals surface area (Å²) < 4.78 is 7.56. The molecule has 1 heterocycles. The first-order valence-corrected chi connectivity index (χ1v) is 6.68. The van der Waals surface area contributed by atoms with Crippen molar-refractivity contribution in [2.45, 2.75) is 26.3 Å². The molecule has 0 radical (unpaired) electrons. The average molecular weight is 246 g/mol. The van der Waals surface area contributed by atoms with E-state index in [2.05, 4.69) is 41.2 Å². The summed E-state index contributed by atoms with van der Waals surface area (Å²) in [7, 11) is 1.71. The summed E-state index contributed by atoms with van der Waals surface area (Å²) >= 11 is 0. The number of unbranched alkanes of at least 4 members (excludes halogenated alkanes) is 1. The lowest BCUT2D eigenvalue weighted by Gasteiger charge is -2.06. The maximum atomic E-state index is 5.24. The highest BCUT2D eigenvalue weighted by molar-refractivity contribution is 5.81. The lowest BCUT2D eigenvalue weighted by molar-refractivity contribution is 0.415. The van der Waals surface area contributed by atoms with Crippen LogP contribution in [-0.4, -0.2) is 24.8 Å². The van der Waals surface area contributed by atoms with Gasteiger partial charge in [0.05, 0.1) is 7.11 Å². The molecule has 0 saturated heterocycles. The third kappa shape index (κ3) is 3.05. The Labute approximate surface area is 109 Å². The van der Waals surface area contributed by atoms with Gasteiger partial charge in [0.25, 0.3) is 0 Å². The van der Waals surface area contributed by atoms with Crippen molar-refractivity contribution in [1.29, 1.82) is 0 Å². The van der Waals surface area contributed by atoms with Crippen molar-refractivity contribution in [2.75, 3.05) is 20.2 Å². The average Bonchev–Trinajstić information content (AvgIpc) is 2.81. The van der Waals surface area contributed by atoms with Crippen molar-refractivity contribution in [3.05, 3.63) is 30.5 Å². The van der Waals surface area contributed by atoms with Crippen molar-refractivity contribution >= 4 is 10.9 Å². The Kier molecular flexibility index (Phi) is 4.65. The standard InChI is InChI=1S/C15H22N2O/c1-3-16-9-4-5-10-17-11-8-13-12-14(18-2)6-7-15(13)17/h6-8,11-12,16H,3-5,9-10H2,1-2H3. The number of methoxy groups -OCH3 is 1. The molecule has 98 valence electrons. The van der Waals surface area contributed by atoms with Gasteiger partial charge < -0.3 is 14.6 Å². The maximum absolute atomic E-state index is 5.24. The van der Waals surface area contributed by atoms with E-state index >= 15 is 0 Å². The fourth-order valence-electron chi connectivity index (χ4n) is 2.21. The second-order valence-corrected chi connectivity index (χ2v) is 4.49.